The number of nitrogens with one attached hydrogen (secondary N) is 1. The summed E-state index contributed by atoms with van der Waals surface area (Å²) in [6, 6.07) is 13.9. The maximum Gasteiger partial charge on any atom is 0.335 e. The highest BCUT2D eigenvalue weighted by molar-refractivity contribution is 6.30. The number of hydrogen-bond acceptors (Lipinski definition) is 4. The van der Waals surface area contributed by atoms with Crippen molar-refractivity contribution >= 4 is 23.5 Å². The first-order chi connectivity index (χ1) is 14.9. The van der Waals surface area contributed by atoms with Crippen molar-refractivity contribution in [3.63, 3.8) is 0 Å². The van der Waals surface area contributed by atoms with Gasteiger partial charge in [-0.3, -0.25) is 9.69 Å². The van der Waals surface area contributed by atoms with E-state index < -0.39 is 11.5 Å². The number of nitrogens with zero attached hydrogens (tertiary/aromatic N) is 1. The van der Waals surface area contributed by atoms with Gasteiger partial charge >= 0.3 is 5.97 Å². The predicted octanol–water partition coefficient (Wildman–Crippen LogP) is 4.29. The minimum absolute atomic E-state index is 0.0322. The van der Waals surface area contributed by atoms with E-state index in [1.807, 2.05) is 31.2 Å². The van der Waals surface area contributed by atoms with Crippen LogP contribution in [0.5, 0.6) is 5.75 Å². The second-order valence-corrected chi connectivity index (χ2v) is 8.88. The number of carbonyl (C=O) groups excluding carboxylic acids is 1. The Morgan fingerprint density at radius 2 is 1.97 bits per heavy atom. The van der Waals surface area contributed by atoms with E-state index >= 15 is 0 Å². The Morgan fingerprint density at radius 3 is 2.58 bits per heavy atom. The van der Waals surface area contributed by atoms with E-state index in [1.54, 1.807) is 24.3 Å². The molecule has 1 amide bonds. The molecule has 0 aromatic heterocycles. The zero-order valence-corrected chi connectivity index (χ0v) is 18.3. The third-order valence-corrected chi connectivity index (χ3v) is 6.69. The van der Waals surface area contributed by atoms with Crippen LogP contribution in [0, 0.1) is 0 Å². The van der Waals surface area contributed by atoms with Crippen molar-refractivity contribution in [1.82, 2.24) is 10.2 Å². The van der Waals surface area contributed by atoms with Crippen LogP contribution in [0.4, 0.5) is 0 Å². The van der Waals surface area contributed by atoms with E-state index in [1.165, 1.54) is 0 Å². The maximum absolute atomic E-state index is 13.3. The highest BCUT2D eigenvalue weighted by Crippen LogP contribution is 2.41. The van der Waals surface area contributed by atoms with Crippen LogP contribution in [-0.4, -0.2) is 46.6 Å². The van der Waals surface area contributed by atoms with Crippen LogP contribution >= 0.6 is 11.6 Å². The molecule has 1 aliphatic carbocycles. The molecule has 6 nitrogen and oxygen atoms in total. The largest absolute Gasteiger partial charge is 0.489 e. The van der Waals surface area contributed by atoms with Gasteiger partial charge in [-0.15, -0.1) is 0 Å². The lowest BCUT2D eigenvalue weighted by atomic mass is 9.74. The molecule has 0 spiro atoms. The molecule has 0 bridgehead atoms. The summed E-state index contributed by atoms with van der Waals surface area (Å²) >= 11 is 6.06. The number of carbonyl (C=O) groups is 2. The van der Waals surface area contributed by atoms with Crippen LogP contribution in [0.15, 0.2) is 48.5 Å². The summed E-state index contributed by atoms with van der Waals surface area (Å²) in [4.78, 5) is 26.6. The number of carboxylic acid groups (broad SMARTS) is 1. The number of carboxylic acids is 1. The molecular formula is C24H27ClN2O4. The molecule has 4 rings (SSSR count). The summed E-state index contributed by atoms with van der Waals surface area (Å²) in [5, 5.41) is 12.9. The fourth-order valence-corrected chi connectivity index (χ4v) is 4.65. The number of likely N-dealkylation sites (tertiary alicyclic amines) is 1. The molecule has 1 aliphatic heterocycles. The molecule has 1 saturated carbocycles. The normalized spacial score (nSPS) is 21.2. The van der Waals surface area contributed by atoms with E-state index in [0.717, 1.165) is 43.5 Å². The molecule has 1 heterocycles. The SMILES string of the molecule is C[C@H](NC(=O)C1(N2CC[C@@H](Oc3cccc(Cl)c3)C2)CCC1)c1ccc(C(=O)O)cc1. The molecule has 164 valence electrons. The van der Waals surface area contributed by atoms with E-state index in [4.69, 9.17) is 21.4 Å². The second-order valence-electron chi connectivity index (χ2n) is 8.44. The fourth-order valence-electron chi connectivity index (χ4n) is 4.47. The van der Waals surface area contributed by atoms with Gasteiger partial charge in [-0.2, -0.15) is 0 Å². The monoisotopic (exact) mass is 442 g/mol. The van der Waals surface area contributed by atoms with Gasteiger partial charge in [0.2, 0.25) is 5.91 Å². The number of ether oxygens (including phenoxy) is 1. The molecular weight excluding hydrogens is 416 g/mol. The Bertz CT molecular complexity index is 958. The van der Waals surface area contributed by atoms with Crippen molar-refractivity contribution < 1.29 is 19.4 Å². The molecule has 2 fully saturated rings. The Hall–Kier alpha value is -2.57. The molecule has 31 heavy (non-hydrogen) atoms. The van der Waals surface area contributed by atoms with Gasteiger partial charge in [-0.1, -0.05) is 29.8 Å². The molecule has 2 atom stereocenters. The van der Waals surface area contributed by atoms with Crippen molar-refractivity contribution in [2.75, 3.05) is 13.1 Å². The summed E-state index contributed by atoms with van der Waals surface area (Å²) in [6.07, 6.45) is 3.62. The highest BCUT2D eigenvalue weighted by Gasteiger charge is 2.51. The van der Waals surface area contributed by atoms with Crippen LogP contribution in [0.2, 0.25) is 5.02 Å². The Balaban J connectivity index is 1.39. The Kier molecular flexibility index (Phi) is 6.21. The van der Waals surface area contributed by atoms with Gasteiger partial charge in [0.05, 0.1) is 11.6 Å². The van der Waals surface area contributed by atoms with Gasteiger partial charge in [-0.25, -0.2) is 4.79 Å². The topological polar surface area (TPSA) is 78.9 Å². The molecule has 1 saturated heterocycles. The van der Waals surface area contributed by atoms with Gasteiger partial charge in [0, 0.05) is 18.1 Å². The number of hydrogen-bond donors (Lipinski definition) is 2. The van der Waals surface area contributed by atoms with Gasteiger partial charge in [-0.05, 0) is 68.5 Å². The quantitative estimate of drug-likeness (QED) is 0.668. The molecule has 2 N–H and O–H groups in total. The van der Waals surface area contributed by atoms with Crippen molar-refractivity contribution in [3.8, 4) is 5.75 Å². The number of aromatic carboxylic acids is 1. The first kappa shape index (κ1) is 21.7. The summed E-state index contributed by atoms with van der Waals surface area (Å²) in [6.45, 7) is 3.46. The molecule has 2 aliphatic rings. The lowest BCUT2D eigenvalue weighted by Crippen LogP contribution is -2.62. The number of halogens is 1. The third-order valence-electron chi connectivity index (χ3n) is 6.46. The van der Waals surface area contributed by atoms with Crippen LogP contribution in [0.3, 0.4) is 0 Å². The fraction of sp³-hybridized carbons (Fsp3) is 0.417. The van der Waals surface area contributed by atoms with Gasteiger partial charge in [0.25, 0.3) is 0 Å². The molecule has 0 unspecified atom stereocenters. The summed E-state index contributed by atoms with van der Waals surface area (Å²) in [5.41, 5.74) is 0.638. The number of amides is 1. The first-order valence-electron chi connectivity index (χ1n) is 10.7. The molecule has 2 aromatic carbocycles. The zero-order chi connectivity index (χ0) is 22.0. The third kappa shape index (κ3) is 4.55. The predicted molar refractivity (Wildman–Crippen MR) is 119 cm³/mol. The van der Waals surface area contributed by atoms with Crippen LogP contribution in [0.1, 0.15) is 54.6 Å². The summed E-state index contributed by atoms with van der Waals surface area (Å²) in [5.74, 6) is -0.165. The van der Waals surface area contributed by atoms with E-state index in [9.17, 15) is 9.59 Å². The standard InChI is InChI=1S/C24H27ClN2O4/c1-16(17-6-8-18(9-7-17)22(28)29)26-23(30)24(11-3-12-24)27-13-10-21(15-27)31-20-5-2-4-19(25)14-20/h2,4-9,14,16,21H,3,10-13,15H2,1H3,(H,26,30)(H,28,29)/t16-,21+/m0/s1. The minimum Gasteiger partial charge on any atom is -0.489 e. The first-order valence-corrected chi connectivity index (χ1v) is 11.1. The van der Waals surface area contributed by atoms with Crippen LogP contribution < -0.4 is 10.1 Å². The Labute approximate surface area is 187 Å². The second kappa shape index (κ2) is 8.89. The lowest BCUT2D eigenvalue weighted by molar-refractivity contribution is -0.139. The van der Waals surface area contributed by atoms with Gasteiger partial charge in [0.1, 0.15) is 17.4 Å². The molecule has 0 radical (unpaired) electrons. The van der Waals surface area contributed by atoms with E-state index in [2.05, 4.69) is 10.2 Å². The minimum atomic E-state index is -0.958. The van der Waals surface area contributed by atoms with Crippen LogP contribution in [0.25, 0.3) is 0 Å². The average Bonchev–Trinajstić information content (AvgIpc) is 3.15. The molecule has 2 aromatic rings. The van der Waals surface area contributed by atoms with E-state index in [-0.39, 0.29) is 23.6 Å². The summed E-state index contributed by atoms with van der Waals surface area (Å²) < 4.78 is 6.11. The van der Waals surface area contributed by atoms with Crippen molar-refractivity contribution in [1.29, 1.82) is 0 Å². The highest BCUT2D eigenvalue weighted by atomic mass is 35.5. The van der Waals surface area contributed by atoms with Gasteiger partial charge < -0.3 is 15.2 Å². The number of benzene rings is 2. The van der Waals surface area contributed by atoms with Crippen molar-refractivity contribution in [2.45, 2.75) is 50.3 Å². The van der Waals surface area contributed by atoms with E-state index in [0.29, 0.717) is 11.6 Å². The average molecular weight is 443 g/mol. The smallest absolute Gasteiger partial charge is 0.335 e. The summed E-state index contributed by atoms with van der Waals surface area (Å²) in [7, 11) is 0. The number of rotatable bonds is 7. The Morgan fingerprint density at radius 1 is 1.23 bits per heavy atom. The van der Waals surface area contributed by atoms with Crippen LogP contribution in [-0.2, 0) is 4.79 Å². The zero-order valence-electron chi connectivity index (χ0n) is 17.5. The molecule has 7 heteroatoms. The van der Waals surface area contributed by atoms with Crippen molar-refractivity contribution in [3.05, 3.63) is 64.7 Å². The maximum atomic E-state index is 13.3. The van der Waals surface area contributed by atoms with Gasteiger partial charge in [0.15, 0.2) is 0 Å². The lowest BCUT2D eigenvalue weighted by Gasteiger charge is -2.47. The van der Waals surface area contributed by atoms with Crippen molar-refractivity contribution in [2.24, 2.45) is 0 Å².